The van der Waals surface area contributed by atoms with E-state index in [1.807, 2.05) is 0 Å². The molecule has 0 aliphatic carbocycles. The van der Waals surface area contributed by atoms with E-state index in [-0.39, 0.29) is 40.2 Å². The highest BCUT2D eigenvalue weighted by Gasteiger charge is 2.37. The van der Waals surface area contributed by atoms with E-state index in [9.17, 15) is 25.2 Å². The molecule has 27 heavy (non-hydrogen) atoms. The number of phenolic OH excluding ortho intramolecular Hbond substituents is 3. The molecule has 1 aliphatic rings. The fraction of sp³-hybridized carbons (Fsp3) is 0.250. The second kappa shape index (κ2) is 5.65. The van der Waals surface area contributed by atoms with Crippen molar-refractivity contribution >= 4 is 11.0 Å². The number of aromatic hydroxyl groups is 3. The molecule has 1 atom stereocenters. The second-order valence-corrected chi connectivity index (χ2v) is 7.23. The highest BCUT2D eigenvalue weighted by molar-refractivity contribution is 5.88. The maximum absolute atomic E-state index is 12.8. The Kier molecular flexibility index (Phi) is 3.61. The summed E-state index contributed by atoms with van der Waals surface area (Å²) in [5.41, 5.74) is -0.256. The van der Waals surface area contributed by atoms with Crippen molar-refractivity contribution < 1.29 is 29.6 Å². The van der Waals surface area contributed by atoms with Crippen LogP contribution in [0.3, 0.4) is 0 Å². The highest BCUT2D eigenvalue weighted by Crippen LogP contribution is 2.42. The van der Waals surface area contributed by atoms with Crippen molar-refractivity contribution in [3.05, 3.63) is 46.3 Å². The number of phenols is 3. The average Bonchev–Trinajstić information content (AvgIpc) is 2.56. The van der Waals surface area contributed by atoms with Crippen LogP contribution in [0.25, 0.3) is 22.1 Å². The molecule has 0 bridgehead atoms. The Balaban J connectivity index is 1.91. The zero-order chi connectivity index (χ0) is 19.5. The average molecular weight is 370 g/mol. The molecule has 4 rings (SSSR count). The van der Waals surface area contributed by atoms with E-state index in [0.717, 1.165) is 6.07 Å². The van der Waals surface area contributed by atoms with Gasteiger partial charge in [0.2, 0.25) is 5.43 Å². The van der Waals surface area contributed by atoms with Crippen molar-refractivity contribution in [2.75, 3.05) is 0 Å². The Morgan fingerprint density at radius 1 is 1.07 bits per heavy atom. The van der Waals surface area contributed by atoms with Crippen LogP contribution in [-0.4, -0.2) is 32.1 Å². The molecule has 0 amide bonds. The predicted molar refractivity (Wildman–Crippen MR) is 97.3 cm³/mol. The summed E-state index contributed by atoms with van der Waals surface area (Å²) in [6, 6.07) is 5.31. The van der Waals surface area contributed by atoms with Crippen LogP contribution in [0, 0.1) is 0 Å². The molecule has 1 unspecified atom stereocenters. The summed E-state index contributed by atoms with van der Waals surface area (Å²) >= 11 is 0. The van der Waals surface area contributed by atoms with Crippen molar-refractivity contribution in [3.63, 3.8) is 0 Å². The van der Waals surface area contributed by atoms with Gasteiger partial charge in [-0.3, -0.25) is 4.79 Å². The first kappa shape index (κ1) is 17.2. The molecule has 0 radical (unpaired) electrons. The minimum atomic E-state index is -0.845. The number of aliphatic hydroxyl groups excluding tert-OH is 1. The van der Waals surface area contributed by atoms with Crippen molar-refractivity contribution in [1.82, 2.24) is 0 Å². The molecule has 7 heteroatoms. The van der Waals surface area contributed by atoms with Gasteiger partial charge in [-0.15, -0.1) is 0 Å². The fourth-order valence-corrected chi connectivity index (χ4v) is 3.30. The van der Waals surface area contributed by atoms with Gasteiger partial charge in [-0.25, -0.2) is 0 Å². The predicted octanol–water partition coefficient (Wildman–Crippen LogP) is 2.65. The van der Waals surface area contributed by atoms with Gasteiger partial charge in [0.15, 0.2) is 11.5 Å². The summed E-state index contributed by atoms with van der Waals surface area (Å²) in [6.45, 7) is 3.45. The van der Waals surface area contributed by atoms with Gasteiger partial charge < -0.3 is 29.6 Å². The van der Waals surface area contributed by atoms with Crippen LogP contribution in [0.5, 0.6) is 23.0 Å². The van der Waals surface area contributed by atoms with Crippen molar-refractivity contribution in [1.29, 1.82) is 0 Å². The summed E-state index contributed by atoms with van der Waals surface area (Å²) < 4.78 is 11.1. The summed E-state index contributed by atoms with van der Waals surface area (Å²) in [5.74, 6) is -0.511. The smallest absolute Gasteiger partial charge is 0.204 e. The fourth-order valence-electron chi connectivity index (χ4n) is 3.30. The summed E-state index contributed by atoms with van der Waals surface area (Å²) in [6.07, 6.45) is 0.677. The minimum Gasteiger partial charge on any atom is -0.508 e. The first-order valence-electron chi connectivity index (χ1n) is 8.38. The summed E-state index contributed by atoms with van der Waals surface area (Å²) in [5, 5.41) is 40.1. The largest absolute Gasteiger partial charge is 0.508 e. The van der Waals surface area contributed by atoms with Crippen LogP contribution in [0.2, 0.25) is 0 Å². The molecule has 4 N–H and O–H groups in total. The number of aliphatic hydroxyl groups is 1. The van der Waals surface area contributed by atoms with E-state index in [1.165, 1.54) is 18.4 Å². The highest BCUT2D eigenvalue weighted by atomic mass is 16.5. The number of benzene rings is 2. The number of hydrogen-bond donors (Lipinski definition) is 4. The van der Waals surface area contributed by atoms with E-state index in [1.54, 1.807) is 19.9 Å². The van der Waals surface area contributed by atoms with Crippen LogP contribution in [-0.2, 0) is 6.42 Å². The lowest BCUT2D eigenvalue weighted by Gasteiger charge is -2.37. The Morgan fingerprint density at radius 2 is 1.81 bits per heavy atom. The maximum atomic E-state index is 12.8. The van der Waals surface area contributed by atoms with Gasteiger partial charge in [-0.05, 0) is 31.5 Å². The quantitative estimate of drug-likeness (QED) is 0.520. The van der Waals surface area contributed by atoms with E-state index in [0.29, 0.717) is 11.1 Å². The van der Waals surface area contributed by atoms with Crippen LogP contribution >= 0.6 is 0 Å². The van der Waals surface area contributed by atoms with E-state index >= 15 is 0 Å². The van der Waals surface area contributed by atoms with Gasteiger partial charge in [0.1, 0.15) is 34.3 Å². The zero-order valence-electron chi connectivity index (χ0n) is 14.7. The van der Waals surface area contributed by atoms with Gasteiger partial charge in [-0.2, -0.15) is 0 Å². The van der Waals surface area contributed by atoms with Gasteiger partial charge in [0.05, 0.1) is 11.7 Å². The van der Waals surface area contributed by atoms with Crippen molar-refractivity contribution in [2.24, 2.45) is 0 Å². The topological polar surface area (TPSA) is 120 Å². The van der Waals surface area contributed by atoms with Crippen LogP contribution in [0.15, 0.2) is 39.7 Å². The van der Waals surface area contributed by atoms with Crippen LogP contribution in [0.4, 0.5) is 0 Å². The molecular formula is C20H18O7. The molecular weight excluding hydrogens is 352 g/mol. The molecule has 0 saturated carbocycles. The Bertz CT molecular complexity index is 1130. The first-order chi connectivity index (χ1) is 12.7. The van der Waals surface area contributed by atoms with Crippen molar-refractivity contribution in [3.8, 4) is 34.1 Å². The van der Waals surface area contributed by atoms with E-state index < -0.39 is 22.9 Å². The minimum absolute atomic E-state index is 0.0453. The standard InChI is InChI=1S/C20H18O7/c1-20(2)16(24)5-10-3-9(4-14(23)19(10)27-20)12-8-26-15-7-11(21)6-13(22)17(15)18(12)25/h3-4,6-8,16,21-24H,5H2,1-2H3. The third kappa shape index (κ3) is 2.67. The second-order valence-electron chi connectivity index (χ2n) is 7.23. The summed E-state index contributed by atoms with van der Waals surface area (Å²) in [4.78, 5) is 12.8. The number of fused-ring (bicyclic) bond motifs is 2. The molecule has 1 aromatic heterocycles. The van der Waals surface area contributed by atoms with Gasteiger partial charge in [-0.1, -0.05) is 0 Å². The summed E-state index contributed by atoms with van der Waals surface area (Å²) in [7, 11) is 0. The zero-order valence-corrected chi connectivity index (χ0v) is 14.7. The lowest BCUT2D eigenvalue weighted by atomic mass is 9.89. The molecule has 2 aromatic carbocycles. The van der Waals surface area contributed by atoms with Gasteiger partial charge in [0, 0.05) is 24.1 Å². The van der Waals surface area contributed by atoms with Crippen LogP contribution < -0.4 is 10.2 Å². The van der Waals surface area contributed by atoms with Gasteiger partial charge in [0.25, 0.3) is 0 Å². The first-order valence-corrected chi connectivity index (χ1v) is 8.38. The third-order valence-corrected chi connectivity index (χ3v) is 4.88. The lowest BCUT2D eigenvalue weighted by molar-refractivity contribution is -0.0425. The molecule has 7 nitrogen and oxygen atoms in total. The Morgan fingerprint density at radius 3 is 2.56 bits per heavy atom. The van der Waals surface area contributed by atoms with Crippen LogP contribution in [0.1, 0.15) is 19.4 Å². The molecule has 0 saturated heterocycles. The van der Waals surface area contributed by atoms with Crippen molar-refractivity contribution in [2.45, 2.75) is 32.0 Å². The molecule has 0 spiro atoms. The van der Waals surface area contributed by atoms with E-state index in [4.69, 9.17) is 9.15 Å². The monoisotopic (exact) mass is 370 g/mol. The normalized spacial score (nSPS) is 18.1. The molecule has 2 heterocycles. The Hall–Kier alpha value is -3.19. The third-order valence-electron chi connectivity index (χ3n) is 4.88. The SMILES string of the molecule is CC1(C)Oc2c(O)cc(-c3coc4cc(O)cc(O)c4c3=O)cc2CC1O. The maximum Gasteiger partial charge on any atom is 0.204 e. The number of rotatable bonds is 1. The number of hydrogen-bond acceptors (Lipinski definition) is 7. The molecule has 140 valence electrons. The molecule has 3 aromatic rings. The molecule has 1 aliphatic heterocycles. The molecule has 0 fully saturated rings. The van der Waals surface area contributed by atoms with Gasteiger partial charge >= 0.3 is 0 Å². The van der Waals surface area contributed by atoms with E-state index in [2.05, 4.69) is 0 Å². The Labute approximate surface area is 153 Å². The lowest BCUT2D eigenvalue weighted by Crippen LogP contribution is -2.46. The number of ether oxygens (including phenoxy) is 1.